The zero-order valence-electron chi connectivity index (χ0n) is 12.1. The van der Waals surface area contributed by atoms with E-state index in [0.717, 1.165) is 10.0 Å². The molecule has 5 heteroatoms. The lowest BCUT2D eigenvalue weighted by Crippen LogP contribution is -2.54. The van der Waals surface area contributed by atoms with Crippen molar-refractivity contribution in [3.63, 3.8) is 0 Å². The molecule has 1 aliphatic heterocycles. The van der Waals surface area contributed by atoms with Crippen molar-refractivity contribution in [3.05, 3.63) is 34.1 Å². The third kappa shape index (κ3) is 3.58. The van der Waals surface area contributed by atoms with Crippen LogP contribution in [0.1, 0.15) is 44.7 Å². The second kappa shape index (κ2) is 6.98. The van der Waals surface area contributed by atoms with Crippen molar-refractivity contribution in [2.45, 2.75) is 51.2 Å². The fourth-order valence-electron chi connectivity index (χ4n) is 2.89. The average Bonchev–Trinajstić information content (AvgIpc) is 2.40. The van der Waals surface area contributed by atoms with Gasteiger partial charge in [-0.05, 0) is 44.4 Å². The third-order valence-electron chi connectivity index (χ3n) is 4.07. The molecule has 3 N–H and O–H groups in total. The zero-order valence-corrected chi connectivity index (χ0v) is 13.7. The monoisotopic (exact) mass is 343 g/mol. The number of benzene rings is 1. The van der Waals surface area contributed by atoms with Gasteiger partial charge in [0.05, 0.1) is 6.04 Å². The second-order valence-corrected chi connectivity index (χ2v) is 6.47. The Bertz CT molecular complexity index is 445. The summed E-state index contributed by atoms with van der Waals surface area (Å²) in [6.45, 7) is 4.94. The molecule has 0 saturated carbocycles. The van der Waals surface area contributed by atoms with E-state index in [1.807, 2.05) is 0 Å². The van der Waals surface area contributed by atoms with Gasteiger partial charge < -0.3 is 5.73 Å². The highest BCUT2D eigenvalue weighted by Gasteiger charge is 2.27. The van der Waals surface area contributed by atoms with Crippen molar-refractivity contribution < 1.29 is 4.39 Å². The number of hydrazine groups is 1. The van der Waals surface area contributed by atoms with E-state index in [4.69, 9.17) is 5.73 Å². The number of nitrogens with zero attached hydrogens (tertiary/aromatic N) is 1. The summed E-state index contributed by atoms with van der Waals surface area (Å²) >= 11 is 3.43. The summed E-state index contributed by atoms with van der Waals surface area (Å²) in [6, 6.07) is 5.74. The van der Waals surface area contributed by atoms with Crippen LogP contribution in [0.15, 0.2) is 22.7 Å². The minimum absolute atomic E-state index is 0.00650. The van der Waals surface area contributed by atoms with E-state index in [9.17, 15) is 4.39 Å². The third-order valence-corrected chi connectivity index (χ3v) is 4.76. The molecule has 0 radical (unpaired) electrons. The molecule has 1 fully saturated rings. The van der Waals surface area contributed by atoms with E-state index in [1.165, 1.54) is 31.4 Å². The summed E-state index contributed by atoms with van der Waals surface area (Å²) in [5, 5.41) is 2.30. The maximum Gasteiger partial charge on any atom is 0.124 e. The van der Waals surface area contributed by atoms with Gasteiger partial charge in [-0.1, -0.05) is 28.4 Å². The van der Waals surface area contributed by atoms with Crippen LogP contribution in [0, 0.1) is 5.82 Å². The second-order valence-electron chi connectivity index (χ2n) is 5.62. The highest BCUT2D eigenvalue weighted by molar-refractivity contribution is 9.10. The summed E-state index contributed by atoms with van der Waals surface area (Å²) in [5.41, 5.74) is 10.5. The van der Waals surface area contributed by atoms with Crippen LogP contribution < -0.4 is 11.2 Å². The minimum atomic E-state index is -0.240. The van der Waals surface area contributed by atoms with Crippen LogP contribution in [-0.2, 0) is 0 Å². The molecule has 1 aromatic carbocycles. The lowest BCUT2D eigenvalue weighted by atomic mass is 9.99. The first kappa shape index (κ1) is 15.9. The van der Waals surface area contributed by atoms with Gasteiger partial charge in [0.1, 0.15) is 5.82 Å². The summed E-state index contributed by atoms with van der Waals surface area (Å²) in [7, 11) is 0. The van der Waals surface area contributed by atoms with Gasteiger partial charge in [0.25, 0.3) is 0 Å². The van der Waals surface area contributed by atoms with Gasteiger partial charge >= 0.3 is 0 Å². The Labute approximate surface area is 128 Å². The van der Waals surface area contributed by atoms with E-state index in [-0.39, 0.29) is 11.9 Å². The van der Waals surface area contributed by atoms with Crippen LogP contribution in [0.25, 0.3) is 0 Å². The Kier molecular flexibility index (Phi) is 5.55. The molecule has 0 aliphatic carbocycles. The van der Waals surface area contributed by atoms with Crippen LogP contribution in [0.4, 0.5) is 4.39 Å². The van der Waals surface area contributed by atoms with Crippen molar-refractivity contribution in [3.8, 4) is 0 Å². The predicted molar refractivity (Wildman–Crippen MR) is 83.6 cm³/mol. The smallest absolute Gasteiger partial charge is 0.124 e. The quantitative estimate of drug-likeness (QED) is 0.880. The first-order valence-corrected chi connectivity index (χ1v) is 8.01. The molecule has 0 amide bonds. The van der Waals surface area contributed by atoms with Crippen LogP contribution in [0.5, 0.6) is 0 Å². The van der Waals surface area contributed by atoms with Crippen molar-refractivity contribution in [2.24, 2.45) is 5.73 Å². The lowest BCUT2D eigenvalue weighted by molar-refractivity contribution is 0.0303. The van der Waals surface area contributed by atoms with Crippen molar-refractivity contribution in [2.75, 3.05) is 6.54 Å². The molecular formula is C15H23BrFN3. The summed E-state index contributed by atoms with van der Waals surface area (Å²) in [5.74, 6) is -0.240. The fraction of sp³-hybridized carbons (Fsp3) is 0.600. The van der Waals surface area contributed by atoms with E-state index >= 15 is 0 Å². The van der Waals surface area contributed by atoms with E-state index in [0.29, 0.717) is 18.6 Å². The highest BCUT2D eigenvalue weighted by Crippen LogP contribution is 2.27. The molecule has 1 aliphatic rings. The highest BCUT2D eigenvalue weighted by atomic mass is 79.9. The van der Waals surface area contributed by atoms with Gasteiger partial charge in [0, 0.05) is 23.1 Å². The van der Waals surface area contributed by atoms with Gasteiger partial charge in [-0.25, -0.2) is 14.8 Å². The SMILES string of the molecule is CC1CCCC(C)N1NC(CN)c1ccc(F)cc1Br. The topological polar surface area (TPSA) is 41.3 Å². The van der Waals surface area contributed by atoms with Gasteiger partial charge in [0.2, 0.25) is 0 Å². The normalized spacial score (nSPS) is 25.6. The fourth-order valence-corrected chi connectivity index (χ4v) is 3.52. The van der Waals surface area contributed by atoms with E-state index in [2.05, 4.69) is 40.2 Å². The first-order valence-electron chi connectivity index (χ1n) is 7.22. The van der Waals surface area contributed by atoms with Crippen LogP contribution in [0.2, 0.25) is 0 Å². The molecule has 3 atom stereocenters. The maximum atomic E-state index is 13.2. The molecule has 0 bridgehead atoms. The van der Waals surface area contributed by atoms with Crippen LogP contribution >= 0.6 is 15.9 Å². The van der Waals surface area contributed by atoms with Gasteiger partial charge in [-0.3, -0.25) is 0 Å². The first-order chi connectivity index (χ1) is 9.52. The summed E-state index contributed by atoms with van der Waals surface area (Å²) in [6.07, 6.45) is 3.66. The number of rotatable bonds is 4. The number of nitrogens with one attached hydrogen (secondary N) is 1. The number of piperidine rings is 1. The molecule has 0 spiro atoms. The maximum absolute atomic E-state index is 13.2. The molecule has 3 nitrogen and oxygen atoms in total. The zero-order chi connectivity index (χ0) is 14.7. The number of halogens is 2. The van der Waals surface area contributed by atoms with Crippen molar-refractivity contribution in [1.29, 1.82) is 0 Å². The molecule has 20 heavy (non-hydrogen) atoms. The lowest BCUT2D eigenvalue weighted by Gasteiger charge is -2.41. The van der Waals surface area contributed by atoms with Gasteiger partial charge in [-0.2, -0.15) is 0 Å². The Morgan fingerprint density at radius 1 is 1.40 bits per heavy atom. The average molecular weight is 344 g/mol. The molecular weight excluding hydrogens is 321 g/mol. The Morgan fingerprint density at radius 2 is 2.05 bits per heavy atom. The standard InChI is InChI=1S/C15H23BrFN3/c1-10-4-3-5-11(2)20(10)19-15(9-18)13-7-6-12(17)8-14(13)16/h6-8,10-11,15,19H,3-5,9,18H2,1-2H3. The molecule has 0 aromatic heterocycles. The van der Waals surface area contributed by atoms with Crippen molar-refractivity contribution in [1.82, 2.24) is 10.4 Å². The Morgan fingerprint density at radius 3 is 2.60 bits per heavy atom. The van der Waals surface area contributed by atoms with Crippen LogP contribution in [-0.4, -0.2) is 23.6 Å². The summed E-state index contributed by atoms with van der Waals surface area (Å²) in [4.78, 5) is 0. The molecule has 2 rings (SSSR count). The molecule has 1 aromatic rings. The summed E-state index contributed by atoms with van der Waals surface area (Å²) < 4.78 is 14.0. The van der Waals surface area contributed by atoms with Crippen LogP contribution in [0.3, 0.4) is 0 Å². The number of hydrogen-bond donors (Lipinski definition) is 2. The predicted octanol–water partition coefficient (Wildman–Crippen LogP) is 3.36. The Balaban J connectivity index is 2.15. The van der Waals surface area contributed by atoms with E-state index < -0.39 is 0 Å². The van der Waals surface area contributed by atoms with Crippen molar-refractivity contribution >= 4 is 15.9 Å². The molecule has 3 unspecified atom stereocenters. The molecule has 1 saturated heterocycles. The van der Waals surface area contributed by atoms with Gasteiger partial charge in [-0.15, -0.1) is 0 Å². The number of hydrogen-bond acceptors (Lipinski definition) is 3. The van der Waals surface area contributed by atoms with E-state index in [1.54, 1.807) is 6.07 Å². The number of nitrogens with two attached hydrogens (primary N) is 1. The molecule has 1 heterocycles. The Hall–Kier alpha value is -0.490. The van der Waals surface area contributed by atoms with Gasteiger partial charge in [0.15, 0.2) is 0 Å². The largest absolute Gasteiger partial charge is 0.329 e. The minimum Gasteiger partial charge on any atom is -0.329 e. The molecule has 112 valence electrons.